The van der Waals surface area contributed by atoms with Crippen molar-refractivity contribution in [2.45, 2.75) is 25.7 Å². The fraction of sp³-hybridized carbons (Fsp3) is 0.429. The highest BCUT2D eigenvalue weighted by Crippen LogP contribution is 2.32. The van der Waals surface area contributed by atoms with Gasteiger partial charge in [0.1, 0.15) is 0 Å². The van der Waals surface area contributed by atoms with E-state index in [1.54, 1.807) is 18.2 Å². The Kier molecular flexibility index (Phi) is 4.89. The van der Waals surface area contributed by atoms with E-state index in [-0.39, 0.29) is 5.91 Å². The number of hydrogen-bond acceptors (Lipinski definition) is 2. The van der Waals surface area contributed by atoms with E-state index >= 15 is 0 Å². The van der Waals surface area contributed by atoms with E-state index in [4.69, 9.17) is 23.2 Å². The molecule has 0 bridgehead atoms. The van der Waals surface area contributed by atoms with Crippen molar-refractivity contribution < 1.29 is 14.7 Å². The van der Waals surface area contributed by atoms with Gasteiger partial charge < -0.3 is 10.4 Å². The first-order valence-electron chi connectivity index (χ1n) is 6.47. The van der Waals surface area contributed by atoms with Crippen molar-refractivity contribution in [3.63, 3.8) is 0 Å². The third kappa shape index (κ3) is 3.64. The zero-order valence-electron chi connectivity index (χ0n) is 10.7. The summed E-state index contributed by atoms with van der Waals surface area (Å²) in [6, 6.07) is 4.74. The van der Waals surface area contributed by atoms with Crippen molar-refractivity contribution in [2.75, 3.05) is 5.32 Å². The molecule has 1 aliphatic carbocycles. The quantitative estimate of drug-likeness (QED) is 0.891. The molecule has 1 aromatic rings. The monoisotopic (exact) mass is 315 g/mol. The number of carboxylic acid groups (broad SMARTS) is 1. The van der Waals surface area contributed by atoms with Crippen LogP contribution in [0.15, 0.2) is 18.2 Å². The van der Waals surface area contributed by atoms with Gasteiger partial charge in [-0.15, -0.1) is 0 Å². The van der Waals surface area contributed by atoms with Crippen molar-refractivity contribution in [1.29, 1.82) is 0 Å². The zero-order chi connectivity index (χ0) is 14.7. The maximum absolute atomic E-state index is 12.2. The summed E-state index contributed by atoms with van der Waals surface area (Å²) in [5.41, 5.74) is 0.488. The van der Waals surface area contributed by atoms with E-state index in [1.807, 2.05) is 0 Å². The van der Waals surface area contributed by atoms with Gasteiger partial charge in [0.25, 0.3) is 0 Å². The molecule has 108 valence electrons. The first-order chi connectivity index (χ1) is 9.47. The summed E-state index contributed by atoms with van der Waals surface area (Å²) in [5.74, 6) is -2.30. The summed E-state index contributed by atoms with van der Waals surface area (Å²) in [6.07, 6.45) is 2.86. The molecule has 1 saturated carbocycles. The number of amides is 1. The smallest absolute Gasteiger partial charge is 0.307 e. The normalized spacial score (nSPS) is 22.3. The predicted octanol–water partition coefficient (Wildman–Crippen LogP) is 3.82. The summed E-state index contributed by atoms with van der Waals surface area (Å²) in [5, 5.41) is 12.7. The minimum Gasteiger partial charge on any atom is -0.481 e. The Hall–Kier alpha value is -1.26. The fourth-order valence-corrected chi connectivity index (χ4v) is 3.13. The second-order valence-electron chi connectivity index (χ2n) is 4.98. The van der Waals surface area contributed by atoms with E-state index in [0.29, 0.717) is 28.6 Å². The van der Waals surface area contributed by atoms with Crippen LogP contribution >= 0.6 is 23.2 Å². The number of nitrogens with one attached hydrogen (secondary N) is 1. The molecule has 0 saturated heterocycles. The third-order valence-corrected chi connectivity index (χ3v) is 3.99. The number of carbonyl (C=O) groups excluding carboxylic acids is 1. The highest BCUT2D eigenvalue weighted by molar-refractivity contribution is 6.35. The van der Waals surface area contributed by atoms with Gasteiger partial charge in [-0.25, -0.2) is 0 Å². The average Bonchev–Trinajstić information content (AvgIpc) is 2.37. The molecule has 0 spiro atoms. The van der Waals surface area contributed by atoms with Crippen molar-refractivity contribution >= 4 is 40.8 Å². The number of carbonyl (C=O) groups is 2. The highest BCUT2D eigenvalue weighted by atomic mass is 35.5. The van der Waals surface area contributed by atoms with Gasteiger partial charge >= 0.3 is 5.97 Å². The predicted molar refractivity (Wildman–Crippen MR) is 78.2 cm³/mol. The summed E-state index contributed by atoms with van der Waals surface area (Å²) in [7, 11) is 0. The Morgan fingerprint density at radius 1 is 1.05 bits per heavy atom. The van der Waals surface area contributed by atoms with Crippen LogP contribution in [0, 0.1) is 11.8 Å². The number of halogens is 2. The van der Waals surface area contributed by atoms with Crippen LogP contribution in [0.5, 0.6) is 0 Å². The number of anilines is 1. The van der Waals surface area contributed by atoms with Gasteiger partial charge in [-0.3, -0.25) is 9.59 Å². The Morgan fingerprint density at radius 3 is 2.15 bits per heavy atom. The molecule has 0 aliphatic heterocycles. The van der Waals surface area contributed by atoms with Gasteiger partial charge in [-0.2, -0.15) is 0 Å². The van der Waals surface area contributed by atoms with Crippen LogP contribution in [0.4, 0.5) is 5.69 Å². The Bertz CT molecular complexity index is 513. The molecule has 1 aromatic carbocycles. The first kappa shape index (κ1) is 15.1. The lowest BCUT2D eigenvalue weighted by Gasteiger charge is -2.27. The molecule has 1 aliphatic rings. The third-order valence-electron chi connectivity index (χ3n) is 3.55. The molecular weight excluding hydrogens is 301 g/mol. The van der Waals surface area contributed by atoms with Gasteiger partial charge in [0, 0.05) is 15.7 Å². The van der Waals surface area contributed by atoms with E-state index in [0.717, 1.165) is 12.8 Å². The molecule has 4 nitrogen and oxygen atoms in total. The Morgan fingerprint density at radius 2 is 1.60 bits per heavy atom. The minimum absolute atomic E-state index is 0.282. The molecule has 0 aromatic heterocycles. The van der Waals surface area contributed by atoms with E-state index in [2.05, 4.69) is 5.32 Å². The van der Waals surface area contributed by atoms with Crippen molar-refractivity contribution in [2.24, 2.45) is 11.8 Å². The lowest BCUT2D eigenvalue weighted by Crippen LogP contribution is -2.36. The zero-order valence-corrected chi connectivity index (χ0v) is 12.2. The lowest BCUT2D eigenvalue weighted by atomic mass is 9.78. The van der Waals surface area contributed by atoms with Crippen molar-refractivity contribution in [1.82, 2.24) is 0 Å². The molecule has 20 heavy (non-hydrogen) atoms. The largest absolute Gasteiger partial charge is 0.481 e. The lowest BCUT2D eigenvalue weighted by molar-refractivity contribution is -0.147. The van der Waals surface area contributed by atoms with Crippen LogP contribution in [0.3, 0.4) is 0 Å². The number of aliphatic carboxylic acids is 1. The summed E-state index contributed by atoms with van der Waals surface area (Å²) < 4.78 is 0. The second-order valence-corrected chi connectivity index (χ2v) is 5.86. The van der Waals surface area contributed by atoms with E-state index in [1.165, 1.54) is 0 Å². The van der Waals surface area contributed by atoms with Gasteiger partial charge in [0.15, 0.2) is 0 Å². The van der Waals surface area contributed by atoms with Crippen LogP contribution in [0.25, 0.3) is 0 Å². The van der Waals surface area contributed by atoms with Crippen LogP contribution in [0.2, 0.25) is 10.0 Å². The summed E-state index contributed by atoms with van der Waals surface area (Å²) in [6.45, 7) is 0. The molecular formula is C14H15Cl2NO3. The Balaban J connectivity index is 2.11. The van der Waals surface area contributed by atoms with Gasteiger partial charge in [0.05, 0.1) is 11.8 Å². The topological polar surface area (TPSA) is 66.4 Å². The molecule has 0 radical (unpaired) electrons. The number of benzene rings is 1. The maximum Gasteiger partial charge on any atom is 0.307 e. The van der Waals surface area contributed by atoms with Crippen LogP contribution in [0.1, 0.15) is 25.7 Å². The summed E-state index contributed by atoms with van der Waals surface area (Å²) >= 11 is 11.7. The summed E-state index contributed by atoms with van der Waals surface area (Å²) in [4.78, 5) is 23.5. The molecule has 2 rings (SSSR count). The van der Waals surface area contributed by atoms with Gasteiger partial charge in [-0.1, -0.05) is 36.0 Å². The minimum atomic E-state index is -0.908. The van der Waals surface area contributed by atoms with E-state index in [9.17, 15) is 14.7 Å². The number of carboxylic acids is 1. The molecule has 6 heteroatoms. The SMILES string of the molecule is O=C(Nc1cc(Cl)cc(Cl)c1)[C@H]1CCCC[C@H]1C(=O)O. The van der Waals surface area contributed by atoms with E-state index < -0.39 is 17.8 Å². The fourth-order valence-electron chi connectivity index (χ4n) is 2.60. The number of rotatable bonds is 3. The van der Waals surface area contributed by atoms with Crippen LogP contribution in [-0.4, -0.2) is 17.0 Å². The second kappa shape index (κ2) is 6.46. The average molecular weight is 316 g/mol. The molecule has 0 heterocycles. The molecule has 0 unspecified atom stereocenters. The molecule has 2 N–H and O–H groups in total. The molecule has 1 amide bonds. The Labute approximate surface area is 127 Å². The van der Waals surface area contributed by atoms with Crippen molar-refractivity contribution in [3.8, 4) is 0 Å². The van der Waals surface area contributed by atoms with Gasteiger partial charge in [-0.05, 0) is 31.0 Å². The van der Waals surface area contributed by atoms with Crippen LogP contribution in [-0.2, 0) is 9.59 Å². The maximum atomic E-state index is 12.2. The van der Waals surface area contributed by atoms with Crippen LogP contribution < -0.4 is 5.32 Å². The molecule has 1 fully saturated rings. The van der Waals surface area contributed by atoms with Gasteiger partial charge in [0.2, 0.25) is 5.91 Å². The highest BCUT2D eigenvalue weighted by Gasteiger charge is 2.35. The molecule has 2 atom stereocenters. The van der Waals surface area contributed by atoms with Crippen molar-refractivity contribution in [3.05, 3.63) is 28.2 Å². The number of hydrogen-bond donors (Lipinski definition) is 2. The first-order valence-corrected chi connectivity index (χ1v) is 7.22. The standard InChI is InChI=1S/C14H15Cl2NO3/c15-8-5-9(16)7-10(6-8)17-13(18)11-3-1-2-4-12(11)14(19)20/h5-7,11-12H,1-4H2,(H,17,18)(H,19,20)/t11-,12+/m0/s1.